The minimum absolute atomic E-state index is 0.224. The number of methoxy groups -OCH3 is 1. The Hall–Kier alpha value is -4.14. The normalized spacial score (nSPS) is 10.7. The number of para-hydroxylation sites is 2. The van der Waals surface area contributed by atoms with Crippen molar-refractivity contribution in [3.63, 3.8) is 0 Å². The van der Waals surface area contributed by atoms with E-state index in [0.717, 1.165) is 5.56 Å². The second kappa shape index (κ2) is 9.78. The maximum Gasteiger partial charge on any atom is 0.255 e. The van der Waals surface area contributed by atoms with Gasteiger partial charge in [-0.2, -0.15) is 4.52 Å². The lowest BCUT2D eigenvalue weighted by Crippen LogP contribution is -2.28. The Morgan fingerprint density at radius 2 is 1.75 bits per heavy atom. The largest absolute Gasteiger partial charge is 0.496 e. The smallest absolute Gasteiger partial charge is 0.255 e. The zero-order valence-electron chi connectivity index (χ0n) is 17.8. The lowest BCUT2D eigenvalue weighted by atomic mass is 10.2. The summed E-state index contributed by atoms with van der Waals surface area (Å²) < 4.78 is 18.3. The molecule has 0 aliphatic carbocycles. The Morgan fingerprint density at radius 1 is 0.969 bits per heavy atom. The third-order valence-electron chi connectivity index (χ3n) is 4.66. The van der Waals surface area contributed by atoms with Gasteiger partial charge in [0, 0.05) is 6.07 Å². The van der Waals surface area contributed by atoms with Crippen LogP contribution in [0.5, 0.6) is 17.4 Å². The van der Waals surface area contributed by atoms with Crippen molar-refractivity contribution in [3.8, 4) is 28.8 Å². The van der Waals surface area contributed by atoms with Gasteiger partial charge in [-0.15, -0.1) is 15.3 Å². The first-order valence-corrected chi connectivity index (χ1v) is 10.2. The van der Waals surface area contributed by atoms with E-state index >= 15 is 0 Å². The summed E-state index contributed by atoms with van der Waals surface area (Å²) in [7, 11) is 1.60. The van der Waals surface area contributed by atoms with Crippen LogP contribution >= 0.6 is 0 Å². The third-order valence-corrected chi connectivity index (χ3v) is 4.66. The highest BCUT2D eigenvalue weighted by molar-refractivity contribution is 5.96. The molecule has 0 bridgehead atoms. The fourth-order valence-electron chi connectivity index (χ4n) is 3.20. The van der Waals surface area contributed by atoms with Crippen LogP contribution in [-0.2, 0) is 0 Å². The minimum atomic E-state index is -0.224. The Morgan fingerprint density at radius 3 is 2.56 bits per heavy atom. The Kier molecular flexibility index (Phi) is 6.45. The summed E-state index contributed by atoms with van der Waals surface area (Å²) in [6.07, 6.45) is 0. The highest BCUT2D eigenvalue weighted by atomic mass is 16.5. The molecule has 2 aromatic heterocycles. The fraction of sp³-hybridized carbons (Fsp3) is 0.217. The molecular weight excluding hydrogens is 410 g/mol. The SMILES string of the molecule is CCOc1ccccc1C(=O)NCCOc1ccc2nnc(-c3ccccc3OC)n2n1. The molecule has 2 aromatic carbocycles. The van der Waals surface area contributed by atoms with Gasteiger partial charge in [-0.25, -0.2) is 0 Å². The number of nitrogens with zero attached hydrogens (tertiary/aromatic N) is 4. The Balaban J connectivity index is 1.42. The van der Waals surface area contributed by atoms with E-state index in [-0.39, 0.29) is 12.5 Å². The predicted octanol–water partition coefficient (Wildman–Crippen LogP) is 3.01. The maximum absolute atomic E-state index is 12.5. The molecule has 0 spiro atoms. The van der Waals surface area contributed by atoms with E-state index in [1.165, 1.54) is 0 Å². The van der Waals surface area contributed by atoms with E-state index in [2.05, 4.69) is 20.6 Å². The molecule has 0 unspecified atom stereocenters. The van der Waals surface area contributed by atoms with Crippen LogP contribution in [0.1, 0.15) is 17.3 Å². The van der Waals surface area contributed by atoms with Gasteiger partial charge >= 0.3 is 0 Å². The van der Waals surface area contributed by atoms with Crippen molar-refractivity contribution < 1.29 is 19.0 Å². The lowest BCUT2D eigenvalue weighted by Gasteiger charge is -2.11. The van der Waals surface area contributed by atoms with Crippen molar-refractivity contribution in [2.75, 3.05) is 26.9 Å². The van der Waals surface area contributed by atoms with Crippen LogP contribution in [0.15, 0.2) is 60.7 Å². The summed E-state index contributed by atoms with van der Waals surface area (Å²) >= 11 is 0. The van der Waals surface area contributed by atoms with Gasteiger partial charge < -0.3 is 19.5 Å². The van der Waals surface area contributed by atoms with Gasteiger partial charge in [-0.05, 0) is 37.3 Å². The molecule has 4 aromatic rings. The molecule has 32 heavy (non-hydrogen) atoms. The number of rotatable bonds is 9. The standard InChI is InChI=1S/C23H23N5O4/c1-3-31-19-11-7-5-9-17(19)23(29)24-14-15-32-21-13-12-20-25-26-22(28(20)27-21)16-8-4-6-10-18(16)30-2/h4-13H,3,14-15H2,1-2H3,(H,24,29). The summed E-state index contributed by atoms with van der Waals surface area (Å²) in [5, 5.41) is 15.7. The Labute approximate surface area is 185 Å². The number of ether oxygens (including phenoxy) is 3. The van der Waals surface area contributed by atoms with Crippen LogP contribution in [0.25, 0.3) is 17.0 Å². The number of nitrogens with one attached hydrogen (secondary N) is 1. The molecule has 0 saturated carbocycles. The van der Waals surface area contributed by atoms with Crippen molar-refractivity contribution in [2.45, 2.75) is 6.92 Å². The van der Waals surface area contributed by atoms with E-state index in [0.29, 0.717) is 47.6 Å². The number of hydrogen-bond acceptors (Lipinski definition) is 7. The van der Waals surface area contributed by atoms with Gasteiger partial charge in [0.2, 0.25) is 5.88 Å². The summed E-state index contributed by atoms with van der Waals surface area (Å²) in [5.74, 6) is 1.93. The third kappa shape index (κ3) is 4.46. The number of carbonyl (C=O) groups excluding carboxylic acids is 1. The Bertz CT molecular complexity index is 1220. The predicted molar refractivity (Wildman–Crippen MR) is 118 cm³/mol. The molecule has 2 heterocycles. The highest BCUT2D eigenvalue weighted by Gasteiger charge is 2.15. The summed E-state index contributed by atoms with van der Waals surface area (Å²) in [4.78, 5) is 12.5. The first-order chi connectivity index (χ1) is 15.7. The van der Waals surface area contributed by atoms with Crippen LogP contribution in [0, 0.1) is 0 Å². The van der Waals surface area contributed by atoms with Gasteiger partial charge in [0.15, 0.2) is 11.5 Å². The molecule has 164 valence electrons. The quantitative estimate of drug-likeness (QED) is 0.405. The summed E-state index contributed by atoms with van der Waals surface area (Å²) in [6, 6.07) is 18.1. The van der Waals surface area contributed by atoms with Crippen molar-refractivity contribution >= 4 is 11.6 Å². The first kappa shape index (κ1) is 21.1. The average Bonchev–Trinajstić information content (AvgIpc) is 3.25. The molecule has 0 saturated heterocycles. The monoisotopic (exact) mass is 433 g/mol. The minimum Gasteiger partial charge on any atom is -0.496 e. The van der Waals surface area contributed by atoms with E-state index < -0.39 is 0 Å². The van der Waals surface area contributed by atoms with Gasteiger partial charge in [0.25, 0.3) is 5.91 Å². The van der Waals surface area contributed by atoms with E-state index in [1.807, 2.05) is 37.3 Å². The summed E-state index contributed by atoms with van der Waals surface area (Å²) in [6.45, 7) is 2.91. The number of benzene rings is 2. The van der Waals surface area contributed by atoms with E-state index in [1.54, 1.807) is 42.0 Å². The number of aromatic nitrogens is 4. The topological polar surface area (TPSA) is 99.9 Å². The maximum atomic E-state index is 12.5. The van der Waals surface area contributed by atoms with Crippen LogP contribution < -0.4 is 19.5 Å². The van der Waals surface area contributed by atoms with Gasteiger partial charge in [-0.3, -0.25) is 4.79 Å². The number of carbonyl (C=O) groups is 1. The van der Waals surface area contributed by atoms with Crippen molar-refractivity contribution in [1.29, 1.82) is 0 Å². The molecule has 0 radical (unpaired) electrons. The molecule has 1 amide bonds. The highest BCUT2D eigenvalue weighted by Crippen LogP contribution is 2.28. The van der Waals surface area contributed by atoms with Gasteiger partial charge in [-0.1, -0.05) is 24.3 Å². The fourth-order valence-corrected chi connectivity index (χ4v) is 3.20. The molecule has 9 nitrogen and oxygen atoms in total. The number of hydrogen-bond donors (Lipinski definition) is 1. The van der Waals surface area contributed by atoms with Gasteiger partial charge in [0.1, 0.15) is 18.1 Å². The second-order valence-corrected chi connectivity index (χ2v) is 6.70. The molecule has 9 heteroatoms. The van der Waals surface area contributed by atoms with Crippen molar-refractivity contribution in [2.24, 2.45) is 0 Å². The zero-order chi connectivity index (χ0) is 22.3. The average molecular weight is 433 g/mol. The number of fused-ring (bicyclic) bond motifs is 1. The first-order valence-electron chi connectivity index (χ1n) is 10.2. The van der Waals surface area contributed by atoms with Crippen LogP contribution in [0.3, 0.4) is 0 Å². The molecule has 0 fully saturated rings. The van der Waals surface area contributed by atoms with Crippen molar-refractivity contribution in [1.82, 2.24) is 25.1 Å². The van der Waals surface area contributed by atoms with E-state index in [4.69, 9.17) is 14.2 Å². The summed E-state index contributed by atoms with van der Waals surface area (Å²) in [5.41, 5.74) is 1.84. The molecule has 0 aliphatic heterocycles. The molecule has 0 atom stereocenters. The zero-order valence-corrected chi connectivity index (χ0v) is 17.8. The molecular formula is C23H23N5O4. The molecule has 0 aliphatic rings. The van der Waals surface area contributed by atoms with E-state index in [9.17, 15) is 4.79 Å². The van der Waals surface area contributed by atoms with Crippen LogP contribution in [-0.4, -0.2) is 52.6 Å². The second-order valence-electron chi connectivity index (χ2n) is 6.70. The van der Waals surface area contributed by atoms with Crippen LogP contribution in [0.2, 0.25) is 0 Å². The lowest BCUT2D eigenvalue weighted by molar-refractivity contribution is 0.0942. The molecule has 1 N–H and O–H groups in total. The van der Waals surface area contributed by atoms with Crippen molar-refractivity contribution in [3.05, 3.63) is 66.2 Å². The van der Waals surface area contributed by atoms with Crippen LogP contribution in [0.4, 0.5) is 0 Å². The number of amides is 1. The molecule has 4 rings (SSSR count). The van der Waals surface area contributed by atoms with Gasteiger partial charge in [0.05, 0.1) is 31.4 Å².